The van der Waals surface area contributed by atoms with Crippen LogP contribution in [-0.2, 0) is 16.0 Å². The molecule has 0 unspecified atom stereocenters. The van der Waals surface area contributed by atoms with E-state index in [2.05, 4.69) is 4.98 Å². The Morgan fingerprint density at radius 3 is 2.22 bits per heavy atom. The highest BCUT2D eigenvalue weighted by atomic mass is 16.5. The third-order valence-corrected chi connectivity index (χ3v) is 4.45. The minimum Gasteiger partial charge on any atom is -0.478 e. The van der Waals surface area contributed by atoms with Crippen molar-refractivity contribution in [2.24, 2.45) is 5.73 Å². The van der Waals surface area contributed by atoms with Crippen molar-refractivity contribution in [2.75, 3.05) is 0 Å². The number of aromatic nitrogens is 1. The summed E-state index contributed by atoms with van der Waals surface area (Å²) < 4.78 is 5.81. The SMILES string of the molecule is NC(=O)NC(=O)CCc1ccc(Oc2ccc(C(=Cc3cccnc3)C(=O)O)cc2)cc1. The number of carboxylic acids is 1. The van der Waals surface area contributed by atoms with Gasteiger partial charge in [-0.15, -0.1) is 0 Å². The Labute approximate surface area is 184 Å². The molecule has 0 saturated carbocycles. The standard InChI is InChI=1S/C24H21N3O5/c25-24(31)27-22(28)12-5-16-3-8-19(9-4-16)32-20-10-6-18(7-11-20)21(23(29)30)14-17-2-1-13-26-15-17/h1-4,6-11,13-15H,5,12H2,(H,29,30)(H3,25,27,28,31). The van der Waals surface area contributed by atoms with E-state index in [1.165, 1.54) is 0 Å². The summed E-state index contributed by atoms with van der Waals surface area (Å²) >= 11 is 0. The molecule has 32 heavy (non-hydrogen) atoms. The molecule has 0 fully saturated rings. The molecule has 3 aromatic rings. The molecule has 1 aromatic heterocycles. The number of nitrogens with zero attached hydrogens (tertiary/aromatic N) is 1. The molecule has 3 amide bonds. The van der Waals surface area contributed by atoms with Crippen molar-refractivity contribution < 1.29 is 24.2 Å². The molecule has 0 bridgehead atoms. The fraction of sp³-hybridized carbons (Fsp3) is 0.0833. The summed E-state index contributed by atoms with van der Waals surface area (Å²) in [5.41, 5.74) is 7.19. The van der Waals surface area contributed by atoms with Crippen molar-refractivity contribution >= 4 is 29.6 Å². The second-order valence-electron chi connectivity index (χ2n) is 6.83. The van der Waals surface area contributed by atoms with Crippen molar-refractivity contribution in [1.82, 2.24) is 10.3 Å². The summed E-state index contributed by atoms with van der Waals surface area (Å²) in [6.45, 7) is 0. The zero-order valence-electron chi connectivity index (χ0n) is 17.0. The van der Waals surface area contributed by atoms with E-state index in [0.29, 0.717) is 29.0 Å². The van der Waals surface area contributed by atoms with E-state index in [0.717, 1.165) is 5.56 Å². The third kappa shape index (κ3) is 6.53. The fourth-order valence-electron chi connectivity index (χ4n) is 2.92. The largest absolute Gasteiger partial charge is 0.478 e. The predicted octanol–water partition coefficient (Wildman–Crippen LogP) is 3.63. The lowest BCUT2D eigenvalue weighted by Gasteiger charge is -2.09. The number of benzene rings is 2. The Morgan fingerprint density at radius 1 is 1.00 bits per heavy atom. The molecule has 0 radical (unpaired) electrons. The van der Waals surface area contributed by atoms with Gasteiger partial charge in [-0.25, -0.2) is 9.59 Å². The van der Waals surface area contributed by atoms with Gasteiger partial charge in [-0.05, 0) is 59.5 Å². The number of amides is 3. The molecular weight excluding hydrogens is 410 g/mol. The molecule has 0 aliphatic rings. The Hall–Kier alpha value is -4.46. The highest BCUT2D eigenvalue weighted by Gasteiger charge is 2.11. The van der Waals surface area contributed by atoms with Crippen LogP contribution < -0.4 is 15.8 Å². The molecule has 3 rings (SSSR count). The smallest absolute Gasteiger partial charge is 0.336 e. The maximum atomic E-state index is 11.7. The normalized spacial score (nSPS) is 10.9. The average Bonchev–Trinajstić information content (AvgIpc) is 2.78. The van der Waals surface area contributed by atoms with E-state index in [1.54, 1.807) is 67.0 Å². The Bertz CT molecular complexity index is 1120. The maximum absolute atomic E-state index is 11.7. The minimum atomic E-state index is -1.04. The molecule has 0 aliphatic heterocycles. The van der Waals surface area contributed by atoms with Gasteiger partial charge in [0.1, 0.15) is 11.5 Å². The molecular formula is C24H21N3O5. The number of carbonyl (C=O) groups excluding carboxylic acids is 2. The lowest BCUT2D eigenvalue weighted by Crippen LogP contribution is -2.35. The number of aryl methyl sites for hydroxylation is 1. The van der Waals surface area contributed by atoms with Crippen LogP contribution in [0.25, 0.3) is 11.6 Å². The van der Waals surface area contributed by atoms with Crippen LogP contribution in [-0.4, -0.2) is 28.0 Å². The van der Waals surface area contributed by atoms with Gasteiger partial charge in [0.05, 0.1) is 5.57 Å². The second-order valence-corrected chi connectivity index (χ2v) is 6.83. The second kappa shape index (κ2) is 10.5. The third-order valence-electron chi connectivity index (χ3n) is 4.45. The van der Waals surface area contributed by atoms with Gasteiger partial charge in [-0.3, -0.25) is 15.1 Å². The van der Waals surface area contributed by atoms with Crippen molar-refractivity contribution in [2.45, 2.75) is 12.8 Å². The number of hydrogen-bond acceptors (Lipinski definition) is 5. The van der Waals surface area contributed by atoms with E-state index in [-0.39, 0.29) is 12.0 Å². The Balaban J connectivity index is 1.64. The van der Waals surface area contributed by atoms with Gasteiger partial charge in [-0.2, -0.15) is 0 Å². The van der Waals surface area contributed by atoms with E-state index < -0.39 is 17.9 Å². The summed E-state index contributed by atoms with van der Waals surface area (Å²) in [6, 6.07) is 16.6. The first kappa shape index (κ1) is 22.2. The lowest BCUT2D eigenvalue weighted by molar-refractivity contribution is -0.130. The lowest BCUT2D eigenvalue weighted by atomic mass is 10.0. The number of primary amides is 1. The first-order valence-electron chi connectivity index (χ1n) is 9.72. The molecule has 0 saturated heterocycles. The number of carbonyl (C=O) groups is 3. The summed E-state index contributed by atoms with van der Waals surface area (Å²) in [5.74, 6) is -0.334. The molecule has 1 heterocycles. The van der Waals surface area contributed by atoms with Gasteiger partial charge in [0, 0.05) is 18.8 Å². The number of ether oxygens (including phenoxy) is 1. The van der Waals surface area contributed by atoms with Crippen molar-refractivity contribution in [3.63, 3.8) is 0 Å². The van der Waals surface area contributed by atoms with E-state index in [1.807, 2.05) is 17.4 Å². The summed E-state index contributed by atoms with van der Waals surface area (Å²) in [4.78, 5) is 37.8. The van der Waals surface area contributed by atoms with Crippen LogP contribution in [0, 0.1) is 0 Å². The van der Waals surface area contributed by atoms with Gasteiger partial charge in [0.15, 0.2) is 0 Å². The molecule has 8 heteroatoms. The van der Waals surface area contributed by atoms with Crippen LogP contribution in [0.1, 0.15) is 23.1 Å². The Morgan fingerprint density at radius 2 is 1.66 bits per heavy atom. The number of hydrogen-bond donors (Lipinski definition) is 3. The van der Waals surface area contributed by atoms with E-state index in [9.17, 15) is 19.5 Å². The number of nitrogens with one attached hydrogen (secondary N) is 1. The first-order valence-corrected chi connectivity index (χ1v) is 9.72. The van der Waals surface area contributed by atoms with Crippen molar-refractivity contribution in [3.05, 3.63) is 89.7 Å². The number of imide groups is 1. The van der Waals surface area contributed by atoms with Crippen LogP contribution in [0.15, 0.2) is 73.1 Å². The zero-order valence-corrected chi connectivity index (χ0v) is 17.0. The van der Waals surface area contributed by atoms with Crippen LogP contribution in [0.5, 0.6) is 11.5 Å². The van der Waals surface area contributed by atoms with Crippen molar-refractivity contribution in [1.29, 1.82) is 0 Å². The van der Waals surface area contributed by atoms with E-state index in [4.69, 9.17) is 10.5 Å². The molecule has 4 N–H and O–H groups in total. The molecule has 0 atom stereocenters. The van der Waals surface area contributed by atoms with Crippen LogP contribution in [0.4, 0.5) is 4.79 Å². The highest BCUT2D eigenvalue weighted by molar-refractivity contribution is 6.20. The Kier molecular flexibility index (Phi) is 7.32. The number of carboxylic acid groups (broad SMARTS) is 1. The summed E-state index contributed by atoms with van der Waals surface area (Å²) in [5, 5.41) is 11.6. The zero-order chi connectivity index (χ0) is 22.9. The number of rotatable bonds is 8. The molecule has 2 aromatic carbocycles. The first-order chi connectivity index (χ1) is 15.4. The number of pyridine rings is 1. The molecule has 0 spiro atoms. The average molecular weight is 431 g/mol. The van der Waals surface area contributed by atoms with Gasteiger partial charge < -0.3 is 15.6 Å². The molecule has 8 nitrogen and oxygen atoms in total. The quantitative estimate of drug-likeness (QED) is 0.467. The van der Waals surface area contributed by atoms with Gasteiger partial charge in [0.25, 0.3) is 0 Å². The van der Waals surface area contributed by atoms with Crippen LogP contribution >= 0.6 is 0 Å². The number of nitrogens with two attached hydrogens (primary N) is 1. The number of urea groups is 1. The highest BCUT2D eigenvalue weighted by Crippen LogP contribution is 2.25. The van der Waals surface area contributed by atoms with Crippen LogP contribution in [0.3, 0.4) is 0 Å². The number of aliphatic carboxylic acids is 1. The molecule has 162 valence electrons. The topological polar surface area (TPSA) is 132 Å². The van der Waals surface area contributed by atoms with Gasteiger partial charge in [0.2, 0.25) is 5.91 Å². The van der Waals surface area contributed by atoms with Crippen molar-refractivity contribution in [3.8, 4) is 11.5 Å². The minimum absolute atomic E-state index is 0.142. The summed E-state index contributed by atoms with van der Waals surface area (Å²) in [6.07, 6.45) is 5.37. The maximum Gasteiger partial charge on any atom is 0.336 e. The monoisotopic (exact) mass is 431 g/mol. The van der Waals surface area contributed by atoms with Crippen LogP contribution in [0.2, 0.25) is 0 Å². The van der Waals surface area contributed by atoms with E-state index >= 15 is 0 Å². The fourth-order valence-corrected chi connectivity index (χ4v) is 2.92. The van der Waals surface area contributed by atoms with Gasteiger partial charge >= 0.3 is 12.0 Å². The summed E-state index contributed by atoms with van der Waals surface area (Å²) in [7, 11) is 0. The molecule has 0 aliphatic carbocycles. The van der Waals surface area contributed by atoms with Gasteiger partial charge in [-0.1, -0.05) is 30.3 Å². The predicted molar refractivity (Wildman–Crippen MR) is 119 cm³/mol.